The summed E-state index contributed by atoms with van der Waals surface area (Å²) in [4.78, 5) is 4.67. The van der Waals surface area contributed by atoms with Gasteiger partial charge < -0.3 is 4.90 Å². The zero-order valence-electron chi connectivity index (χ0n) is 10.0. The highest BCUT2D eigenvalue weighted by Gasteiger charge is 2.24. The van der Waals surface area contributed by atoms with Crippen LogP contribution < -0.4 is 4.90 Å². The highest BCUT2D eigenvalue weighted by molar-refractivity contribution is 6.33. The van der Waals surface area contributed by atoms with Crippen LogP contribution in [0.3, 0.4) is 0 Å². The van der Waals surface area contributed by atoms with Gasteiger partial charge in [0.25, 0.3) is 0 Å². The molecule has 17 heavy (non-hydrogen) atoms. The molecule has 0 amide bonds. The minimum Gasteiger partial charge on any atom is -0.366 e. The molecule has 0 bridgehead atoms. The summed E-state index contributed by atoms with van der Waals surface area (Å²) in [5.74, 6) is 0. The summed E-state index contributed by atoms with van der Waals surface area (Å²) in [6, 6.07) is 2.29. The van der Waals surface area contributed by atoms with E-state index in [0.29, 0.717) is 16.3 Å². The van der Waals surface area contributed by atoms with Gasteiger partial charge in [0.2, 0.25) is 0 Å². The molecule has 0 radical (unpaired) electrons. The zero-order chi connectivity index (χ0) is 12.4. The third kappa shape index (κ3) is 2.81. The van der Waals surface area contributed by atoms with Gasteiger partial charge in [0.1, 0.15) is 0 Å². The van der Waals surface area contributed by atoms with Crippen molar-refractivity contribution in [2.24, 2.45) is 0 Å². The van der Waals surface area contributed by atoms with Gasteiger partial charge in [0, 0.05) is 31.7 Å². The number of piperazine rings is 1. The Morgan fingerprint density at radius 3 is 2.76 bits per heavy atom. The molecule has 1 aliphatic heterocycles. The molecule has 1 aromatic heterocycles. The lowest BCUT2D eigenvalue weighted by molar-refractivity contribution is 0.199. The van der Waals surface area contributed by atoms with Gasteiger partial charge in [-0.15, -0.1) is 10.2 Å². The van der Waals surface area contributed by atoms with Crippen molar-refractivity contribution in [3.05, 3.63) is 16.4 Å². The molecule has 2 rings (SSSR count). The Balaban J connectivity index is 2.16. The first-order valence-electron chi connectivity index (χ1n) is 5.79. The fourth-order valence-corrected chi connectivity index (χ4v) is 2.60. The van der Waals surface area contributed by atoms with Crippen LogP contribution in [0.4, 0.5) is 5.69 Å². The molecule has 1 atom stereocenters. The van der Waals surface area contributed by atoms with E-state index < -0.39 is 0 Å². The number of rotatable bonds is 2. The fourth-order valence-electron chi connectivity index (χ4n) is 2.25. The molecule has 1 saturated heterocycles. The van der Waals surface area contributed by atoms with Crippen LogP contribution in [0.2, 0.25) is 10.3 Å². The second-order valence-electron chi connectivity index (χ2n) is 4.27. The highest BCUT2D eigenvalue weighted by Crippen LogP contribution is 2.27. The third-order valence-electron chi connectivity index (χ3n) is 3.21. The summed E-state index contributed by atoms with van der Waals surface area (Å²) in [6.45, 7) is 8.41. The van der Waals surface area contributed by atoms with Gasteiger partial charge in [-0.05, 0) is 13.5 Å². The van der Waals surface area contributed by atoms with Crippen molar-refractivity contribution in [1.29, 1.82) is 0 Å². The van der Waals surface area contributed by atoms with Crippen LogP contribution in [-0.2, 0) is 0 Å². The second-order valence-corrected chi connectivity index (χ2v) is 5.01. The van der Waals surface area contributed by atoms with Crippen LogP contribution in [0, 0.1) is 0 Å². The van der Waals surface area contributed by atoms with Crippen LogP contribution in [-0.4, -0.2) is 47.3 Å². The van der Waals surface area contributed by atoms with Crippen molar-refractivity contribution in [3.8, 4) is 0 Å². The number of hydrogen-bond acceptors (Lipinski definition) is 4. The molecule has 1 aromatic rings. The van der Waals surface area contributed by atoms with E-state index in [2.05, 4.69) is 33.8 Å². The Morgan fingerprint density at radius 1 is 1.35 bits per heavy atom. The van der Waals surface area contributed by atoms with Crippen molar-refractivity contribution in [1.82, 2.24) is 15.1 Å². The van der Waals surface area contributed by atoms with Crippen molar-refractivity contribution in [2.75, 3.05) is 31.1 Å². The molecular formula is C11H16Cl2N4. The Morgan fingerprint density at radius 2 is 2.12 bits per heavy atom. The van der Waals surface area contributed by atoms with Gasteiger partial charge >= 0.3 is 0 Å². The molecule has 0 saturated carbocycles. The van der Waals surface area contributed by atoms with Gasteiger partial charge in [0.15, 0.2) is 10.3 Å². The number of hydrogen-bond donors (Lipinski definition) is 0. The minimum absolute atomic E-state index is 0.384. The van der Waals surface area contributed by atoms with Crippen molar-refractivity contribution in [2.45, 2.75) is 19.9 Å². The number of likely N-dealkylation sites (N-methyl/N-ethyl adjacent to an activating group) is 1. The molecule has 1 aliphatic rings. The van der Waals surface area contributed by atoms with E-state index in [1.54, 1.807) is 6.07 Å². The Bertz CT molecular complexity index is 399. The number of halogens is 2. The molecule has 94 valence electrons. The Labute approximate surface area is 112 Å². The monoisotopic (exact) mass is 274 g/mol. The van der Waals surface area contributed by atoms with Crippen LogP contribution in [0.25, 0.3) is 0 Å². The molecule has 2 heterocycles. The largest absolute Gasteiger partial charge is 0.366 e. The predicted octanol–water partition coefficient (Wildman–Crippen LogP) is 2.31. The predicted molar refractivity (Wildman–Crippen MR) is 71.0 cm³/mol. The van der Waals surface area contributed by atoms with Crippen molar-refractivity contribution < 1.29 is 0 Å². The zero-order valence-corrected chi connectivity index (χ0v) is 11.5. The molecule has 0 N–H and O–H groups in total. The van der Waals surface area contributed by atoms with E-state index in [0.717, 1.165) is 31.9 Å². The molecule has 6 heteroatoms. The van der Waals surface area contributed by atoms with Gasteiger partial charge in [-0.1, -0.05) is 30.1 Å². The summed E-state index contributed by atoms with van der Waals surface area (Å²) in [5, 5.41) is 8.38. The minimum atomic E-state index is 0.384. The average molecular weight is 275 g/mol. The van der Waals surface area contributed by atoms with Crippen LogP contribution >= 0.6 is 23.2 Å². The Hall–Kier alpha value is -0.580. The van der Waals surface area contributed by atoms with Gasteiger partial charge in [0.05, 0.1) is 5.69 Å². The van der Waals surface area contributed by atoms with Gasteiger partial charge in [-0.25, -0.2) is 0 Å². The maximum atomic E-state index is 6.06. The standard InChI is InChI=1S/C11H16Cl2N4/c1-3-16-4-5-17(7-8(16)2)9-6-10(12)14-15-11(9)13/h6,8H,3-5,7H2,1-2H3. The first-order valence-corrected chi connectivity index (χ1v) is 6.55. The van der Waals surface area contributed by atoms with Gasteiger partial charge in [-0.2, -0.15) is 0 Å². The maximum absolute atomic E-state index is 6.06. The van der Waals surface area contributed by atoms with E-state index >= 15 is 0 Å². The van der Waals surface area contributed by atoms with Crippen molar-refractivity contribution >= 4 is 28.9 Å². The summed E-state index contributed by atoms with van der Waals surface area (Å²) < 4.78 is 0. The van der Waals surface area contributed by atoms with Gasteiger partial charge in [-0.3, -0.25) is 4.90 Å². The molecule has 0 spiro atoms. The normalized spacial score (nSPS) is 21.9. The molecular weight excluding hydrogens is 259 g/mol. The summed E-state index contributed by atoms with van der Waals surface area (Å²) in [5.41, 5.74) is 0.884. The van der Waals surface area contributed by atoms with Crippen molar-refractivity contribution in [3.63, 3.8) is 0 Å². The topological polar surface area (TPSA) is 32.3 Å². The third-order valence-corrected chi connectivity index (χ3v) is 3.67. The summed E-state index contributed by atoms with van der Waals surface area (Å²) in [6.07, 6.45) is 0. The first kappa shape index (κ1) is 12.9. The van der Waals surface area contributed by atoms with E-state index in [1.165, 1.54) is 0 Å². The van der Waals surface area contributed by atoms with E-state index in [-0.39, 0.29) is 0 Å². The van der Waals surface area contributed by atoms with Crippen LogP contribution in [0.5, 0.6) is 0 Å². The quantitative estimate of drug-likeness (QED) is 0.829. The average Bonchev–Trinajstić information content (AvgIpc) is 2.32. The Kier molecular flexibility index (Phi) is 4.07. The molecule has 4 nitrogen and oxygen atoms in total. The number of aromatic nitrogens is 2. The highest BCUT2D eigenvalue weighted by atomic mass is 35.5. The molecule has 1 unspecified atom stereocenters. The smallest absolute Gasteiger partial charge is 0.175 e. The molecule has 0 aromatic carbocycles. The van der Waals surface area contributed by atoms with E-state index in [1.807, 2.05) is 0 Å². The molecule has 1 fully saturated rings. The van der Waals surface area contributed by atoms with E-state index in [9.17, 15) is 0 Å². The van der Waals surface area contributed by atoms with E-state index in [4.69, 9.17) is 23.2 Å². The lowest BCUT2D eigenvalue weighted by Crippen LogP contribution is -2.51. The maximum Gasteiger partial charge on any atom is 0.175 e. The summed E-state index contributed by atoms with van der Waals surface area (Å²) in [7, 11) is 0. The fraction of sp³-hybridized carbons (Fsp3) is 0.636. The number of anilines is 1. The van der Waals surface area contributed by atoms with Crippen LogP contribution in [0.1, 0.15) is 13.8 Å². The SMILES string of the molecule is CCN1CCN(c2cc(Cl)nnc2Cl)CC1C. The summed E-state index contributed by atoms with van der Waals surface area (Å²) >= 11 is 11.9. The number of nitrogens with zero attached hydrogens (tertiary/aromatic N) is 4. The lowest BCUT2D eigenvalue weighted by Gasteiger charge is -2.40. The molecule has 0 aliphatic carbocycles. The second kappa shape index (κ2) is 5.38. The van der Waals surface area contributed by atoms with Crippen LogP contribution in [0.15, 0.2) is 6.07 Å². The first-order chi connectivity index (χ1) is 8.11. The lowest BCUT2D eigenvalue weighted by atomic mass is 10.2.